The van der Waals surface area contributed by atoms with Crippen LogP contribution in [0.2, 0.25) is 0 Å². The molecule has 0 unspecified atom stereocenters. The molecule has 1 N–H and O–H groups in total. The zero-order valence-electron chi connectivity index (χ0n) is 18.2. The van der Waals surface area contributed by atoms with Crippen LogP contribution in [0.1, 0.15) is 16.7 Å². The molecule has 0 radical (unpaired) electrons. The molecule has 2 aromatic rings. The van der Waals surface area contributed by atoms with Crippen LogP contribution in [0.15, 0.2) is 48.5 Å². The largest absolute Gasteiger partial charge is 0.335 e. The predicted octanol–water partition coefficient (Wildman–Crippen LogP) is 2.52. The van der Waals surface area contributed by atoms with E-state index in [1.165, 1.54) is 10.5 Å². The van der Waals surface area contributed by atoms with Crippen molar-refractivity contribution in [3.05, 3.63) is 65.2 Å². The molecule has 1 aliphatic heterocycles. The van der Waals surface area contributed by atoms with Gasteiger partial charge in [-0.1, -0.05) is 42.5 Å². The molecule has 6 nitrogen and oxygen atoms in total. The van der Waals surface area contributed by atoms with E-state index in [1.54, 1.807) is 7.05 Å². The highest BCUT2D eigenvalue weighted by molar-refractivity contribution is 5.95. The predicted molar refractivity (Wildman–Crippen MR) is 120 cm³/mol. The van der Waals surface area contributed by atoms with Gasteiger partial charge in [0.25, 0.3) is 0 Å². The number of rotatable bonds is 7. The fraction of sp³-hybridized carbons (Fsp3) is 0.417. The molecule has 1 heterocycles. The van der Waals surface area contributed by atoms with Crippen LogP contribution >= 0.6 is 0 Å². The van der Waals surface area contributed by atoms with Gasteiger partial charge >= 0.3 is 0 Å². The van der Waals surface area contributed by atoms with Crippen LogP contribution in [0.4, 0.5) is 5.69 Å². The molecule has 0 aromatic heterocycles. The van der Waals surface area contributed by atoms with Gasteiger partial charge in [0, 0.05) is 45.5 Å². The Bertz CT molecular complexity index is 861. The lowest BCUT2D eigenvalue weighted by molar-refractivity contribution is -0.134. The number of hydrogen-bond acceptors (Lipinski definition) is 4. The van der Waals surface area contributed by atoms with E-state index < -0.39 is 0 Å². The van der Waals surface area contributed by atoms with Crippen molar-refractivity contribution in [2.24, 2.45) is 0 Å². The van der Waals surface area contributed by atoms with Crippen molar-refractivity contribution >= 4 is 17.5 Å². The fourth-order valence-electron chi connectivity index (χ4n) is 3.64. The van der Waals surface area contributed by atoms with E-state index in [2.05, 4.69) is 39.4 Å². The van der Waals surface area contributed by atoms with Crippen molar-refractivity contribution in [1.82, 2.24) is 14.7 Å². The van der Waals surface area contributed by atoms with Crippen LogP contribution < -0.4 is 5.32 Å². The smallest absolute Gasteiger partial charge is 0.243 e. The minimum absolute atomic E-state index is 0.0253. The van der Waals surface area contributed by atoms with E-state index in [4.69, 9.17) is 0 Å². The summed E-state index contributed by atoms with van der Waals surface area (Å²) < 4.78 is 0. The first-order valence-corrected chi connectivity index (χ1v) is 10.5. The Morgan fingerprint density at radius 1 is 0.933 bits per heavy atom. The summed E-state index contributed by atoms with van der Waals surface area (Å²) in [5.74, 6) is -0.199. The van der Waals surface area contributed by atoms with Crippen LogP contribution in [0.3, 0.4) is 0 Å². The summed E-state index contributed by atoms with van der Waals surface area (Å²) >= 11 is 0. The van der Waals surface area contributed by atoms with Gasteiger partial charge in [0.15, 0.2) is 0 Å². The van der Waals surface area contributed by atoms with E-state index in [0.29, 0.717) is 6.54 Å². The van der Waals surface area contributed by atoms with Crippen LogP contribution in [0.25, 0.3) is 0 Å². The second-order valence-corrected chi connectivity index (χ2v) is 8.08. The normalized spacial score (nSPS) is 15.0. The monoisotopic (exact) mass is 408 g/mol. The number of benzene rings is 2. The minimum atomic E-state index is -0.174. The van der Waals surface area contributed by atoms with Crippen LogP contribution in [0.5, 0.6) is 0 Å². The second-order valence-electron chi connectivity index (χ2n) is 8.08. The van der Waals surface area contributed by atoms with Crippen LogP contribution in [-0.4, -0.2) is 72.8 Å². The highest BCUT2D eigenvalue weighted by atomic mass is 16.2. The maximum absolute atomic E-state index is 12.6. The number of piperazine rings is 1. The number of nitrogens with zero attached hydrogens (tertiary/aromatic N) is 3. The average Bonchev–Trinajstić information content (AvgIpc) is 2.73. The van der Waals surface area contributed by atoms with Gasteiger partial charge < -0.3 is 10.2 Å². The number of aryl methyl sites for hydroxylation is 1. The van der Waals surface area contributed by atoms with E-state index in [1.807, 2.05) is 38.1 Å². The molecule has 2 amide bonds. The molecular weight excluding hydrogens is 376 g/mol. The van der Waals surface area contributed by atoms with Crippen molar-refractivity contribution in [3.63, 3.8) is 0 Å². The topological polar surface area (TPSA) is 55.9 Å². The molecule has 1 saturated heterocycles. The number of carbonyl (C=O) groups excluding carboxylic acids is 2. The molecule has 0 aliphatic carbocycles. The Morgan fingerprint density at radius 3 is 2.30 bits per heavy atom. The van der Waals surface area contributed by atoms with E-state index in [9.17, 15) is 9.59 Å². The standard InChI is InChI=1S/C24H32N4O2/c1-19-8-7-11-22(20(19)2)25-23(29)17-26(3)24(30)18-28-14-12-27(13-15-28)16-21-9-5-4-6-10-21/h4-11H,12-18H2,1-3H3,(H,25,29). The maximum Gasteiger partial charge on any atom is 0.243 e. The highest BCUT2D eigenvalue weighted by Gasteiger charge is 2.21. The second kappa shape index (κ2) is 10.4. The van der Waals surface area contributed by atoms with Gasteiger partial charge in [-0.25, -0.2) is 0 Å². The molecule has 1 aliphatic rings. The minimum Gasteiger partial charge on any atom is -0.335 e. The summed E-state index contributed by atoms with van der Waals surface area (Å²) in [6.45, 7) is 8.96. The SMILES string of the molecule is Cc1cccc(NC(=O)CN(C)C(=O)CN2CCN(Cc3ccccc3)CC2)c1C. The molecular formula is C24H32N4O2. The number of hydrogen-bond donors (Lipinski definition) is 1. The molecule has 30 heavy (non-hydrogen) atoms. The zero-order chi connectivity index (χ0) is 21.5. The Balaban J connectivity index is 1.41. The zero-order valence-corrected chi connectivity index (χ0v) is 18.2. The van der Waals surface area contributed by atoms with Gasteiger partial charge in [0.05, 0.1) is 13.1 Å². The third-order valence-corrected chi connectivity index (χ3v) is 5.76. The summed E-state index contributed by atoms with van der Waals surface area (Å²) in [6, 6.07) is 16.3. The van der Waals surface area contributed by atoms with E-state index >= 15 is 0 Å². The van der Waals surface area contributed by atoms with Gasteiger partial charge in [0.1, 0.15) is 0 Å². The molecule has 2 aromatic carbocycles. The van der Waals surface area contributed by atoms with Gasteiger partial charge in [-0.15, -0.1) is 0 Å². The number of nitrogens with one attached hydrogen (secondary N) is 1. The molecule has 0 bridgehead atoms. The third kappa shape index (κ3) is 6.15. The van der Waals surface area contributed by atoms with Crippen molar-refractivity contribution in [2.75, 3.05) is 51.6 Å². The third-order valence-electron chi connectivity index (χ3n) is 5.76. The Labute approximate surface area is 179 Å². The van der Waals surface area contributed by atoms with Crippen LogP contribution in [-0.2, 0) is 16.1 Å². The van der Waals surface area contributed by atoms with Gasteiger partial charge in [0.2, 0.25) is 11.8 Å². The number of carbonyl (C=O) groups is 2. The summed E-state index contributed by atoms with van der Waals surface area (Å²) in [5, 5.41) is 2.92. The van der Waals surface area contributed by atoms with E-state index in [-0.39, 0.29) is 18.4 Å². The number of amides is 2. The number of anilines is 1. The van der Waals surface area contributed by atoms with Crippen molar-refractivity contribution in [3.8, 4) is 0 Å². The van der Waals surface area contributed by atoms with Crippen molar-refractivity contribution in [2.45, 2.75) is 20.4 Å². The lowest BCUT2D eigenvalue weighted by atomic mass is 10.1. The molecule has 6 heteroatoms. The number of likely N-dealkylation sites (N-methyl/N-ethyl adjacent to an activating group) is 1. The van der Waals surface area contributed by atoms with Gasteiger partial charge in [-0.05, 0) is 36.6 Å². The Morgan fingerprint density at radius 2 is 1.60 bits per heavy atom. The quantitative estimate of drug-likeness (QED) is 0.765. The van der Waals surface area contributed by atoms with E-state index in [0.717, 1.165) is 49.5 Å². The maximum atomic E-state index is 12.6. The molecule has 1 fully saturated rings. The first-order chi connectivity index (χ1) is 14.4. The summed E-state index contributed by atoms with van der Waals surface area (Å²) in [6.07, 6.45) is 0. The van der Waals surface area contributed by atoms with Gasteiger partial charge in [-0.3, -0.25) is 19.4 Å². The Hall–Kier alpha value is -2.70. The first-order valence-electron chi connectivity index (χ1n) is 10.5. The molecule has 0 atom stereocenters. The first kappa shape index (κ1) is 22.0. The van der Waals surface area contributed by atoms with Crippen molar-refractivity contribution < 1.29 is 9.59 Å². The van der Waals surface area contributed by atoms with Crippen LogP contribution in [0, 0.1) is 13.8 Å². The fourth-order valence-corrected chi connectivity index (χ4v) is 3.64. The molecule has 0 saturated carbocycles. The Kier molecular flexibility index (Phi) is 7.60. The summed E-state index contributed by atoms with van der Waals surface area (Å²) in [4.78, 5) is 31.1. The highest BCUT2D eigenvalue weighted by Crippen LogP contribution is 2.17. The summed E-state index contributed by atoms with van der Waals surface area (Å²) in [5.41, 5.74) is 4.30. The molecule has 0 spiro atoms. The lowest BCUT2D eigenvalue weighted by Gasteiger charge is -2.35. The van der Waals surface area contributed by atoms with Crippen molar-refractivity contribution in [1.29, 1.82) is 0 Å². The van der Waals surface area contributed by atoms with Gasteiger partial charge in [-0.2, -0.15) is 0 Å². The molecule has 160 valence electrons. The summed E-state index contributed by atoms with van der Waals surface area (Å²) in [7, 11) is 1.69. The molecule has 3 rings (SSSR count). The lowest BCUT2D eigenvalue weighted by Crippen LogP contribution is -2.49. The average molecular weight is 409 g/mol.